The molecule has 0 spiro atoms. The van der Waals surface area contributed by atoms with Crippen LogP contribution in [0.4, 0.5) is 5.69 Å². The molecule has 0 aliphatic heterocycles. The molecule has 3 aromatic carbocycles. The number of rotatable bonds is 10. The van der Waals surface area contributed by atoms with Gasteiger partial charge in [0.05, 0.1) is 38.1 Å². The second-order valence-corrected chi connectivity index (χ2v) is 9.35. The third-order valence-electron chi connectivity index (χ3n) is 4.82. The van der Waals surface area contributed by atoms with Crippen molar-refractivity contribution in [1.82, 2.24) is 5.43 Å². The number of hydrazone groups is 1. The van der Waals surface area contributed by atoms with Gasteiger partial charge in [0.2, 0.25) is 5.75 Å². The summed E-state index contributed by atoms with van der Waals surface area (Å²) in [6.07, 6.45) is 1.38. The summed E-state index contributed by atoms with van der Waals surface area (Å²) in [6.45, 7) is -0.498. The number of para-hydroxylation sites is 1. The van der Waals surface area contributed by atoms with Crippen LogP contribution in [0.5, 0.6) is 17.2 Å². The van der Waals surface area contributed by atoms with E-state index in [1.54, 1.807) is 42.5 Å². The first-order valence-electron chi connectivity index (χ1n) is 10.3. The van der Waals surface area contributed by atoms with Gasteiger partial charge in [-0.3, -0.25) is 9.10 Å². The van der Waals surface area contributed by atoms with Gasteiger partial charge >= 0.3 is 0 Å². The minimum Gasteiger partial charge on any atom is -0.493 e. The molecule has 0 aromatic heterocycles. The molecule has 3 aromatic rings. The minimum atomic E-state index is -4.05. The maximum absolute atomic E-state index is 13.3. The first-order chi connectivity index (χ1) is 16.8. The van der Waals surface area contributed by atoms with E-state index < -0.39 is 22.5 Å². The molecule has 11 heteroatoms. The summed E-state index contributed by atoms with van der Waals surface area (Å²) < 4.78 is 43.5. The Kier molecular flexibility index (Phi) is 8.56. The van der Waals surface area contributed by atoms with E-state index in [1.165, 1.54) is 51.8 Å². The Labute approximate surface area is 208 Å². The van der Waals surface area contributed by atoms with Crippen molar-refractivity contribution in [2.24, 2.45) is 5.10 Å². The van der Waals surface area contributed by atoms with Crippen LogP contribution < -0.4 is 23.9 Å². The quantitative estimate of drug-likeness (QED) is 0.324. The maximum Gasteiger partial charge on any atom is 0.264 e. The maximum atomic E-state index is 13.3. The molecule has 0 atom stereocenters. The number of halogens is 1. The summed E-state index contributed by atoms with van der Waals surface area (Å²) in [6, 6.07) is 17.3. The Hall–Kier alpha value is -3.76. The van der Waals surface area contributed by atoms with Crippen LogP contribution in [0.1, 0.15) is 5.56 Å². The molecule has 0 aliphatic rings. The summed E-state index contributed by atoms with van der Waals surface area (Å²) in [4.78, 5) is 12.7. The van der Waals surface area contributed by atoms with Crippen molar-refractivity contribution in [1.29, 1.82) is 0 Å². The topological polar surface area (TPSA) is 107 Å². The number of ether oxygens (including phenoxy) is 3. The summed E-state index contributed by atoms with van der Waals surface area (Å²) in [5.74, 6) is 0.616. The lowest BCUT2D eigenvalue weighted by Gasteiger charge is -2.23. The molecule has 35 heavy (non-hydrogen) atoms. The zero-order valence-corrected chi connectivity index (χ0v) is 20.8. The first kappa shape index (κ1) is 25.9. The van der Waals surface area contributed by atoms with E-state index in [4.69, 9.17) is 25.8 Å². The van der Waals surface area contributed by atoms with Crippen LogP contribution in [0, 0.1) is 0 Å². The number of nitrogens with zero attached hydrogens (tertiary/aromatic N) is 2. The lowest BCUT2D eigenvalue weighted by molar-refractivity contribution is -0.119. The predicted molar refractivity (Wildman–Crippen MR) is 134 cm³/mol. The van der Waals surface area contributed by atoms with E-state index in [0.717, 1.165) is 4.31 Å². The Morgan fingerprint density at radius 3 is 2.11 bits per heavy atom. The van der Waals surface area contributed by atoms with Crippen LogP contribution in [-0.4, -0.2) is 48.4 Å². The van der Waals surface area contributed by atoms with Crippen molar-refractivity contribution in [3.05, 3.63) is 77.3 Å². The van der Waals surface area contributed by atoms with E-state index in [1.807, 2.05) is 0 Å². The van der Waals surface area contributed by atoms with E-state index in [-0.39, 0.29) is 4.90 Å². The van der Waals surface area contributed by atoms with E-state index >= 15 is 0 Å². The fourth-order valence-corrected chi connectivity index (χ4v) is 4.71. The number of carbonyl (C=O) groups is 1. The second kappa shape index (κ2) is 11.6. The van der Waals surface area contributed by atoms with Gasteiger partial charge in [-0.1, -0.05) is 29.8 Å². The Morgan fingerprint density at radius 2 is 1.57 bits per heavy atom. The lowest BCUT2D eigenvalue weighted by Crippen LogP contribution is -2.39. The number of sulfonamides is 1. The van der Waals surface area contributed by atoms with Crippen molar-refractivity contribution in [3.8, 4) is 17.2 Å². The highest BCUT2D eigenvalue weighted by Crippen LogP contribution is 2.37. The molecule has 0 radical (unpaired) electrons. The smallest absolute Gasteiger partial charge is 0.264 e. The first-order valence-corrected chi connectivity index (χ1v) is 12.1. The van der Waals surface area contributed by atoms with Crippen molar-refractivity contribution in [3.63, 3.8) is 0 Å². The number of carbonyl (C=O) groups excluding carboxylic acids is 1. The number of hydrogen-bond acceptors (Lipinski definition) is 7. The fraction of sp³-hybridized carbons (Fsp3) is 0.167. The van der Waals surface area contributed by atoms with Gasteiger partial charge in [-0.05, 0) is 48.5 Å². The van der Waals surface area contributed by atoms with E-state index in [9.17, 15) is 13.2 Å². The molecular formula is C24H24ClN3O6S. The standard InChI is InChI=1S/C24H24ClN3O6S/c1-32-21-13-17(14-22(33-2)24(21)34-3)15-26-27-23(29)16-28(19-7-5-4-6-8-19)35(30,31)20-11-9-18(25)10-12-20/h4-15H,16H2,1-3H3,(H,27,29)/b26-15-. The van der Waals surface area contributed by atoms with E-state index in [2.05, 4.69) is 10.5 Å². The number of amides is 1. The van der Waals surface area contributed by atoms with Crippen molar-refractivity contribution in [2.75, 3.05) is 32.2 Å². The molecule has 3 rings (SSSR count). The molecule has 0 saturated carbocycles. The van der Waals surface area contributed by atoms with E-state index in [0.29, 0.717) is 33.5 Å². The Morgan fingerprint density at radius 1 is 0.971 bits per heavy atom. The van der Waals surface area contributed by atoms with Crippen molar-refractivity contribution < 1.29 is 27.4 Å². The molecule has 184 valence electrons. The molecule has 0 unspecified atom stereocenters. The van der Waals surface area contributed by atoms with Gasteiger partial charge in [0, 0.05) is 10.6 Å². The van der Waals surface area contributed by atoms with Crippen LogP contribution in [0.2, 0.25) is 5.02 Å². The monoisotopic (exact) mass is 517 g/mol. The average molecular weight is 518 g/mol. The highest BCUT2D eigenvalue weighted by atomic mass is 35.5. The van der Waals surface area contributed by atoms with Gasteiger partial charge < -0.3 is 14.2 Å². The number of benzene rings is 3. The molecule has 9 nitrogen and oxygen atoms in total. The van der Waals surface area contributed by atoms with Crippen molar-refractivity contribution in [2.45, 2.75) is 4.90 Å². The van der Waals surface area contributed by atoms with Gasteiger partial charge in [-0.15, -0.1) is 0 Å². The molecule has 0 fully saturated rings. The van der Waals surface area contributed by atoms with Crippen LogP contribution in [0.15, 0.2) is 76.7 Å². The number of methoxy groups -OCH3 is 3. The Balaban J connectivity index is 1.81. The zero-order chi connectivity index (χ0) is 25.4. The van der Waals surface area contributed by atoms with Crippen LogP contribution in [0.3, 0.4) is 0 Å². The van der Waals surface area contributed by atoms with Crippen LogP contribution >= 0.6 is 11.6 Å². The summed E-state index contributed by atoms with van der Waals surface area (Å²) in [5.41, 5.74) is 3.25. The third-order valence-corrected chi connectivity index (χ3v) is 6.86. The second-order valence-electron chi connectivity index (χ2n) is 7.05. The SMILES string of the molecule is COc1cc(/C=N\NC(=O)CN(c2ccccc2)S(=O)(=O)c2ccc(Cl)cc2)cc(OC)c1OC. The summed E-state index contributed by atoms with van der Waals surface area (Å²) in [5, 5.41) is 4.34. The summed E-state index contributed by atoms with van der Waals surface area (Å²) >= 11 is 5.89. The Bertz CT molecular complexity index is 1270. The number of hydrogen-bond donors (Lipinski definition) is 1. The molecular weight excluding hydrogens is 494 g/mol. The average Bonchev–Trinajstić information content (AvgIpc) is 2.87. The normalized spacial score (nSPS) is 11.2. The van der Waals surface area contributed by atoms with Crippen LogP contribution in [-0.2, 0) is 14.8 Å². The van der Waals surface area contributed by atoms with Gasteiger partial charge in [0.15, 0.2) is 11.5 Å². The van der Waals surface area contributed by atoms with Crippen LogP contribution in [0.25, 0.3) is 0 Å². The predicted octanol–water partition coefficient (Wildman–Crippen LogP) is 3.71. The van der Waals surface area contributed by atoms with Gasteiger partial charge in [-0.25, -0.2) is 13.8 Å². The third kappa shape index (κ3) is 6.23. The van der Waals surface area contributed by atoms with Crippen molar-refractivity contribution >= 4 is 39.4 Å². The fourth-order valence-electron chi connectivity index (χ4n) is 3.16. The molecule has 1 amide bonds. The largest absolute Gasteiger partial charge is 0.493 e. The molecule has 0 bridgehead atoms. The minimum absolute atomic E-state index is 0.000484. The number of nitrogens with one attached hydrogen (secondary N) is 1. The summed E-state index contributed by atoms with van der Waals surface area (Å²) in [7, 11) is 0.408. The van der Waals surface area contributed by atoms with Gasteiger partial charge in [0.1, 0.15) is 6.54 Å². The highest BCUT2D eigenvalue weighted by Gasteiger charge is 2.27. The lowest BCUT2D eigenvalue weighted by atomic mass is 10.2. The molecule has 1 N–H and O–H groups in total. The van der Waals surface area contributed by atoms with Gasteiger partial charge in [0.25, 0.3) is 15.9 Å². The molecule has 0 aliphatic carbocycles. The zero-order valence-electron chi connectivity index (χ0n) is 19.3. The molecule has 0 saturated heterocycles. The highest BCUT2D eigenvalue weighted by molar-refractivity contribution is 7.92. The molecule has 0 heterocycles. The number of anilines is 1. The van der Waals surface area contributed by atoms with Gasteiger partial charge in [-0.2, -0.15) is 5.10 Å².